The van der Waals surface area contributed by atoms with E-state index in [4.69, 9.17) is 9.84 Å². The van der Waals surface area contributed by atoms with Gasteiger partial charge >= 0.3 is 11.9 Å². The van der Waals surface area contributed by atoms with Crippen LogP contribution in [0.4, 0.5) is 0 Å². The zero-order chi connectivity index (χ0) is 30.2. The van der Waals surface area contributed by atoms with E-state index in [1.54, 1.807) is 0 Å². The highest BCUT2D eigenvalue weighted by Gasteiger charge is 2.11. The predicted octanol–water partition coefficient (Wildman–Crippen LogP) is 8.94. The van der Waals surface area contributed by atoms with Gasteiger partial charge in [0.2, 0.25) is 5.91 Å². The van der Waals surface area contributed by atoms with Crippen molar-refractivity contribution in [3.63, 3.8) is 0 Å². The molecule has 0 aromatic carbocycles. The van der Waals surface area contributed by atoms with Crippen molar-refractivity contribution >= 4 is 17.8 Å². The Morgan fingerprint density at radius 1 is 0.683 bits per heavy atom. The zero-order valence-electron chi connectivity index (χ0n) is 25.9. The number of unbranched alkanes of at least 4 members (excludes halogenated alkanes) is 8. The number of carbonyl (C=O) groups is 3. The summed E-state index contributed by atoms with van der Waals surface area (Å²) in [6.45, 7) is 4.02. The number of nitrogens with one attached hydrogen (secondary N) is 1. The molecule has 0 bridgehead atoms. The Bertz CT molecular complexity index is 809. The molecule has 0 rings (SSSR count). The number of hydrogen-bond acceptors (Lipinski definition) is 4. The molecule has 0 aliphatic rings. The van der Waals surface area contributed by atoms with Gasteiger partial charge in [0.15, 0.2) is 0 Å². The minimum Gasteiger partial charge on any atom is -0.480 e. The lowest BCUT2D eigenvalue weighted by molar-refractivity contribution is -0.147. The molecule has 0 aliphatic carbocycles. The maximum absolute atomic E-state index is 12.5. The summed E-state index contributed by atoms with van der Waals surface area (Å²) in [5.74, 6) is -1.43. The molecular formula is C35H57NO5. The number of aliphatic carboxylic acids is 1. The fourth-order valence-electron chi connectivity index (χ4n) is 4.08. The molecule has 6 nitrogen and oxygen atoms in total. The normalized spacial score (nSPS) is 12.8. The van der Waals surface area contributed by atoms with E-state index in [0.29, 0.717) is 19.3 Å². The highest BCUT2D eigenvalue weighted by molar-refractivity contribution is 5.80. The van der Waals surface area contributed by atoms with Crippen molar-refractivity contribution in [1.82, 2.24) is 5.32 Å². The van der Waals surface area contributed by atoms with E-state index >= 15 is 0 Å². The lowest BCUT2D eigenvalue weighted by Gasteiger charge is -2.14. The van der Waals surface area contributed by atoms with Gasteiger partial charge in [0.1, 0.15) is 12.6 Å². The lowest BCUT2D eigenvalue weighted by atomic mass is 10.1. The second kappa shape index (κ2) is 30.1. The van der Waals surface area contributed by atoms with Crippen LogP contribution in [-0.2, 0) is 19.1 Å². The zero-order valence-corrected chi connectivity index (χ0v) is 25.9. The largest absolute Gasteiger partial charge is 0.480 e. The van der Waals surface area contributed by atoms with Crippen molar-refractivity contribution < 1.29 is 24.2 Å². The van der Waals surface area contributed by atoms with Crippen molar-refractivity contribution in [2.24, 2.45) is 0 Å². The molecule has 1 atom stereocenters. The summed E-state index contributed by atoms with van der Waals surface area (Å²) in [5, 5.41) is 11.0. The van der Waals surface area contributed by atoms with E-state index in [1.165, 1.54) is 25.7 Å². The second-order valence-corrected chi connectivity index (χ2v) is 10.3. The summed E-state index contributed by atoms with van der Waals surface area (Å²) < 4.78 is 5.80. The number of hydrogen-bond donors (Lipinski definition) is 2. The Morgan fingerprint density at radius 3 is 1.95 bits per heavy atom. The lowest BCUT2D eigenvalue weighted by Crippen LogP contribution is -2.28. The van der Waals surface area contributed by atoms with Gasteiger partial charge in [-0.25, -0.2) is 0 Å². The fourth-order valence-corrected chi connectivity index (χ4v) is 4.08. The molecule has 1 amide bonds. The molecule has 0 aromatic heterocycles. The van der Waals surface area contributed by atoms with E-state index in [2.05, 4.69) is 67.8 Å². The van der Waals surface area contributed by atoms with Crippen molar-refractivity contribution in [3.8, 4) is 0 Å². The third kappa shape index (κ3) is 29.9. The van der Waals surface area contributed by atoms with Gasteiger partial charge in [0.25, 0.3) is 0 Å². The average molecular weight is 572 g/mol. The van der Waals surface area contributed by atoms with Crippen LogP contribution in [0.25, 0.3) is 0 Å². The van der Waals surface area contributed by atoms with Gasteiger partial charge in [-0.3, -0.25) is 14.4 Å². The Balaban J connectivity index is 4.34. The monoisotopic (exact) mass is 571 g/mol. The molecule has 6 heteroatoms. The van der Waals surface area contributed by atoms with Crippen LogP contribution in [0, 0.1) is 0 Å². The smallest absolute Gasteiger partial charge is 0.322 e. The van der Waals surface area contributed by atoms with Crippen LogP contribution in [0.5, 0.6) is 0 Å². The first-order chi connectivity index (χ1) is 20.0. The van der Waals surface area contributed by atoms with Crippen LogP contribution in [0.1, 0.15) is 129 Å². The summed E-state index contributed by atoms with van der Waals surface area (Å²) in [5.41, 5.74) is 0. The first-order valence-corrected chi connectivity index (χ1v) is 15.9. The number of esters is 1. The highest BCUT2D eigenvalue weighted by Crippen LogP contribution is 2.14. The minimum absolute atomic E-state index is 0.167. The van der Waals surface area contributed by atoms with Crippen LogP contribution in [-0.4, -0.2) is 35.6 Å². The molecule has 0 aromatic rings. The summed E-state index contributed by atoms with van der Waals surface area (Å²) >= 11 is 0. The quantitative estimate of drug-likeness (QED) is 0.0583. The van der Waals surface area contributed by atoms with E-state index in [-0.39, 0.29) is 24.5 Å². The second-order valence-electron chi connectivity index (χ2n) is 10.3. The molecule has 0 fully saturated rings. The molecule has 0 spiro atoms. The Labute approximate surface area is 250 Å². The van der Waals surface area contributed by atoms with Crippen LogP contribution in [0.2, 0.25) is 0 Å². The first-order valence-electron chi connectivity index (χ1n) is 15.9. The average Bonchev–Trinajstić information content (AvgIpc) is 2.95. The van der Waals surface area contributed by atoms with Crippen LogP contribution in [0.3, 0.4) is 0 Å². The van der Waals surface area contributed by atoms with Gasteiger partial charge in [-0.15, -0.1) is 0 Å². The van der Waals surface area contributed by atoms with Gasteiger partial charge in [-0.2, -0.15) is 0 Å². The molecule has 232 valence electrons. The topological polar surface area (TPSA) is 92.7 Å². The summed E-state index contributed by atoms with van der Waals surface area (Å²) in [6, 6.07) is 0. The maximum atomic E-state index is 12.5. The van der Waals surface area contributed by atoms with Gasteiger partial charge < -0.3 is 15.2 Å². The summed E-state index contributed by atoms with van der Waals surface area (Å²) in [6.07, 6.45) is 37.8. The van der Waals surface area contributed by atoms with Gasteiger partial charge in [-0.1, -0.05) is 107 Å². The van der Waals surface area contributed by atoms with Crippen LogP contribution in [0.15, 0.2) is 60.8 Å². The number of amides is 1. The first kappa shape index (κ1) is 38.1. The molecule has 0 aliphatic heterocycles. The molecule has 0 heterocycles. The summed E-state index contributed by atoms with van der Waals surface area (Å²) in [7, 11) is 0. The third-order valence-corrected chi connectivity index (χ3v) is 6.42. The molecule has 1 unspecified atom stereocenters. The highest BCUT2D eigenvalue weighted by atomic mass is 16.5. The van der Waals surface area contributed by atoms with Gasteiger partial charge in [0.05, 0.1) is 0 Å². The van der Waals surface area contributed by atoms with E-state index < -0.39 is 5.97 Å². The predicted molar refractivity (Wildman–Crippen MR) is 171 cm³/mol. The number of carboxylic acid groups (broad SMARTS) is 1. The Hall–Kier alpha value is -2.89. The van der Waals surface area contributed by atoms with Crippen molar-refractivity contribution in [1.29, 1.82) is 0 Å². The Morgan fingerprint density at radius 2 is 1.29 bits per heavy atom. The van der Waals surface area contributed by atoms with E-state index in [1.807, 2.05) is 12.2 Å². The molecular weight excluding hydrogens is 514 g/mol. The number of ether oxygens (including phenoxy) is 1. The standard InChI is InChI=1S/C35H57NO5/c1-3-5-7-9-11-12-13-14-15-16-18-20-26-30-35(40)41-32(27-23-19-17-10-8-6-4-2)28-24-21-22-25-29-33(37)36-31-34(38)39/h5,7,11-12,14-15,18,20,23,27,32H,3-4,6,8-10,13,16-17,19,21-22,24-26,28-31H2,1-2H3,(H,36,37)(H,38,39)/b7-5-,12-11-,15-14-,20-18-,27-23-. The molecule has 0 saturated heterocycles. The van der Waals surface area contributed by atoms with E-state index in [0.717, 1.165) is 70.6 Å². The molecule has 0 radical (unpaired) electrons. The maximum Gasteiger partial charge on any atom is 0.322 e. The minimum atomic E-state index is -1.04. The third-order valence-electron chi connectivity index (χ3n) is 6.42. The summed E-state index contributed by atoms with van der Waals surface area (Å²) in [4.78, 5) is 34.6. The van der Waals surface area contributed by atoms with Gasteiger partial charge in [-0.05, 0) is 70.3 Å². The Kier molecular flexibility index (Phi) is 28.0. The van der Waals surface area contributed by atoms with Crippen molar-refractivity contribution in [3.05, 3.63) is 60.8 Å². The SMILES string of the molecule is CC/C=C\C/C=C\C/C=C\C/C=C\CCC(=O)OC(/C=C\CCCCCCC)CCCCCCC(=O)NCC(=O)O. The van der Waals surface area contributed by atoms with Crippen LogP contribution >= 0.6 is 0 Å². The molecule has 0 saturated carbocycles. The van der Waals surface area contributed by atoms with Gasteiger partial charge in [0, 0.05) is 12.8 Å². The molecule has 2 N–H and O–H groups in total. The van der Waals surface area contributed by atoms with Crippen molar-refractivity contribution in [2.45, 2.75) is 136 Å². The fraction of sp³-hybridized carbons (Fsp3) is 0.629. The number of carbonyl (C=O) groups excluding carboxylic acids is 2. The number of carboxylic acids is 1. The van der Waals surface area contributed by atoms with E-state index in [9.17, 15) is 14.4 Å². The molecule has 41 heavy (non-hydrogen) atoms. The number of allylic oxidation sites excluding steroid dienone is 9. The number of rotatable bonds is 27. The van der Waals surface area contributed by atoms with Crippen LogP contribution < -0.4 is 5.32 Å². The van der Waals surface area contributed by atoms with Crippen molar-refractivity contribution in [2.75, 3.05) is 6.54 Å².